The Kier molecular flexibility index (Phi) is 4.84. The minimum Gasteiger partial charge on any atom is -0.508 e. The SMILES string of the molecule is O=C(NCCCc1ccc(O)cc1)NCC1(CO)CC1. The third-order valence-electron chi connectivity index (χ3n) is 3.78. The first-order chi connectivity index (χ1) is 9.63. The molecule has 5 nitrogen and oxygen atoms in total. The Balaban J connectivity index is 1.56. The molecule has 0 aromatic heterocycles. The lowest BCUT2D eigenvalue weighted by Crippen LogP contribution is -2.40. The van der Waals surface area contributed by atoms with Crippen LogP contribution in [0.2, 0.25) is 0 Å². The van der Waals surface area contributed by atoms with Gasteiger partial charge < -0.3 is 20.8 Å². The van der Waals surface area contributed by atoms with Crippen molar-refractivity contribution in [3.05, 3.63) is 29.8 Å². The molecule has 1 aliphatic rings. The van der Waals surface area contributed by atoms with Crippen LogP contribution in [0.25, 0.3) is 0 Å². The number of phenols is 1. The molecule has 0 saturated heterocycles. The molecule has 0 radical (unpaired) electrons. The quantitative estimate of drug-likeness (QED) is 0.569. The highest BCUT2D eigenvalue weighted by Crippen LogP contribution is 2.44. The van der Waals surface area contributed by atoms with Crippen molar-refractivity contribution in [1.29, 1.82) is 0 Å². The number of hydrogen-bond donors (Lipinski definition) is 4. The number of rotatable bonds is 7. The first kappa shape index (κ1) is 14.7. The molecule has 0 atom stereocenters. The summed E-state index contributed by atoms with van der Waals surface area (Å²) in [5.74, 6) is 0.268. The molecular formula is C15H22N2O3. The second kappa shape index (κ2) is 6.61. The van der Waals surface area contributed by atoms with Crippen LogP contribution in [0.5, 0.6) is 5.75 Å². The van der Waals surface area contributed by atoms with Gasteiger partial charge in [-0.05, 0) is 43.4 Å². The van der Waals surface area contributed by atoms with Crippen LogP contribution in [0.4, 0.5) is 4.79 Å². The zero-order chi connectivity index (χ0) is 14.4. The van der Waals surface area contributed by atoms with Gasteiger partial charge in [0, 0.05) is 18.5 Å². The van der Waals surface area contributed by atoms with Crippen LogP contribution in [-0.2, 0) is 6.42 Å². The molecule has 1 aromatic carbocycles. The molecule has 0 unspecified atom stereocenters. The number of aliphatic hydroxyl groups excluding tert-OH is 1. The molecule has 1 saturated carbocycles. The summed E-state index contributed by atoms with van der Waals surface area (Å²) in [4.78, 5) is 11.6. The second-order valence-corrected chi connectivity index (χ2v) is 5.54. The van der Waals surface area contributed by atoms with Crippen molar-refractivity contribution in [1.82, 2.24) is 10.6 Å². The number of phenolic OH excluding ortho intramolecular Hbond substituents is 1. The predicted octanol–water partition coefficient (Wildman–Crippen LogP) is 1.40. The molecule has 1 aliphatic carbocycles. The largest absolute Gasteiger partial charge is 0.508 e. The van der Waals surface area contributed by atoms with Gasteiger partial charge in [-0.25, -0.2) is 4.79 Å². The number of urea groups is 1. The van der Waals surface area contributed by atoms with Gasteiger partial charge in [-0.1, -0.05) is 12.1 Å². The average Bonchev–Trinajstić information content (AvgIpc) is 3.24. The van der Waals surface area contributed by atoms with Gasteiger partial charge in [0.15, 0.2) is 0 Å². The number of hydrogen-bond acceptors (Lipinski definition) is 3. The van der Waals surface area contributed by atoms with E-state index in [1.165, 1.54) is 0 Å². The monoisotopic (exact) mass is 278 g/mol. The Morgan fingerprint density at radius 2 is 1.90 bits per heavy atom. The van der Waals surface area contributed by atoms with Crippen LogP contribution < -0.4 is 10.6 Å². The van der Waals surface area contributed by atoms with E-state index in [9.17, 15) is 4.79 Å². The van der Waals surface area contributed by atoms with Gasteiger partial charge in [0.1, 0.15) is 5.75 Å². The minimum atomic E-state index is -0.171. The van der Waals surface area contributed by atoms with Crippen molar-refractivity contribution >= 4 is 6.03 Å². The number of amides is 2. The molecule has 1 aromatic rings. The van der Waals surface area contributed by atoms with Gasteiger partial charge in [0.25, 0.3) is 0 Å². The molecule has 2 amide bonds. The fourth-order valence-corrected chi connectivity index (χ4v) is 2.05. The maximum atomic E-state index is 11.6. The minimum absolute atomic E-state index is 0.0522. The topological polar surface area (TPSA) is 81.6 Å². The van der Waals surface area contributed by atoms with Crippen molar-refractivity contribution in [3.63, 3.8) is 0 Å². The number of aliphatic hydroxyl groups is 1. The van der Waals surface area contributed by atoms with Gasteiger partial charge in [-0.3, -0.25) is 0 Å². The van der Waals surface area contributed by atoms with E-state index in [1.807, 2.05) is 12.1 Å². The van der Waals surface area contributed by atoms with Crippen LogP contribution in [0.1, 0.15) is 24.8 Å². The number of carbonyl (C=O) groups excluding carboxylic acids is 1. The molecule has 0 heterocycles. The second-order valence-electron chi connectivity index (χ2n) is 5.54. The normalized spacial score (nSPS) is 15.7. The first-order valence-electron chi connectivity index (χ1n) is 7.04. The van der Waals surface area contributed by atoms with E-state index < -0.39 is 0 Å². The van der Waals surface area contributed by atoms with Crippen LogP contribution in [0, 0.1) is 5.41 Å². The summed E-state index contributed by atoms with van der Waals surface area (Å²) in [6, 6.07) is 6.93. The van der Waals surface area contributed by atoms with Crippen molar-refractivity contribution in [2.45, 2.75) is 25.7 Å². The standard InChI is InChI=1S/C15H22N2O3/c18-11-15(7-8-15)10-17-14(20)16-9-1-2-12-3-5-13(19)6-4-12/h3-6,18-19H,1-2,7-11H2,(H2,16,17,20). The van der Waals surface area contributed by atoms with Gasteiger partial charge >= 0.3 is 6.03 Å². The molecule has 0 spiro atoms. The van der Waals surface area contributed by atoms with E-state index in [4.69, 9.17) is 10.2 Å². The summed E-state index contributed by atoms with van der Waals surface area (Å²) in [7, 11) is 0. The van der Waals surface area contributed by atoms with Gasteiger partial charge in [-0.15, -0.1) is 0 Å². The average molecular weight is 278 g/mol. The van der Waals surface area contributed by atoms with E-state index in [2.05, 4.69) is 10.6 Å². The molecule has 0 aliphatic heterocycles. The highest BCUT2D eigenvalue weighted by Gasteiger charge is 2.41. The third kappa shape index (κ3) is 4.42. The fourth-order valence-electron chi connectivity index (χ4n) is 2.05. The summed E-state index contributed by atoms with van der Waals surface area (Å²) in [5, 5.41) is 23.9. The van der Waals surface area contributed by atoms with Crippen LogP contribution in [0.3, 0.4) is 0 Å². The van der Waals surface area contributed by atoms with E-state index in [1.54, 1.807) is 12.1 Å². The zero-order valence-corrected chi connectivity index (χ0v) is 11.6. The summed E-state index contributed by atoms with van der Waals surface area (Å²) in [6.45, 7) is 1.31. The van der Waals surface area contributed by atoms with Crippen molar-refractivity contribution < 1.29 is 15.0 Å². The predicted molar refractivity (Wildman–Crippen MR) is 76.6 cm³/mol. The van der Waals surface area contributed by atoms with Crippen LogP contribution >= 0.6 is 0 Å². The van der Waals surface area contributed by atoms with Crippen molar-refractivity contribution in [2.24, 2.45) is 5.41 Å². The lowest BCUT2D eigenvalue weighted by atomic mass is 10.1. The van der Waals surface area contributed by atoms with Crippen LogP contribution in [-0.4, -0.2) is 35.9 Å². The molecule has 4 N–H and O–H groups in total. The van der Waals surface area contributed by atoms with Gasteiger partial charge in [0.05, 0.1) is 6.61 Å². The Bertz CT molecular complexity index is 441. The van der Waals surface area contributed by atoms with Gasteiger partial charge in [0.2, 0.25) is 0 Å². The number of aryl methyl sites for hydroxylation is 1. The van der Waals surface area contributed by atoms with Crippen LogP contribution in [0.15, 0.2) is 24.3 Å². The van der Waals surface area contributed by atoms with E-state index in [0.29, 0.717) is 13.1 Å². The summed E-state index contributed by atoms with van der Waals surface area (Å²) in [6.07, 6.45) is 3.69. The zero-order valence-electron chi connectivity index (χ0n) is 11.6. The molecular weight excluding hydrogens is 256 g/mol. The molecule has 0 bridgehead atoms. The molecule has 110 valence electrons. The van der Waals surface area contributed by atoms with Crippen molar-refractivity contribution in [2.75, 3.05) is 19.7 Å². The summed E-state index contributed by atoms with van der Waals surface area (Å²) < 4.78 is 0. The van der Waals surface area contributed by atoms with E-state index in [-0.39, 0.29) is 23.8 Å². The molecule has 5 heteroatoms. The fraction of sp³-hybridized carbons (Fsp3) is 0.533. The van der Waals surface area contributed by atoms with E-state index >= 15 is 0 Å². The van der Waals surface area contributed by atoms with Gasteiger partial charge in [-0.2, -0.15) is 0 Å². The number of carbonyl (C=O) groups is 1. The third-order valence-corrected chi connectivity index (χ3v) is 3.78. The number of aromatic hydroxyl groups is 1. The van der Waals surface area contributed by atoms with E-state index in [0.717, 1.165) is 31.2 Å². The lowest BCUT2D eigenvalue weighted by molar-refractivity contribution is 0.203. The first-order valence-corrected chi connectivity index (χ1v) is 7.04. The number of nitrogens with one attached hydrogen (secondary N) is 2. The molecule has 2 rings (SSSR count). The smallest absolute Gasteiger partial charge is 0.314 e. The summed E-state index contributed by atoms with van der Waals surface area (Å²) in [5.41, 5.74) is 1.09. The Morgan fingerprint density at radius 3 is 2.50 bits per heavy atom. The van der Waals surface area contributed by atoms with Crippen molar-refractivity contribution in [3.8, 4) is 5.75 Å². The highest BCUT2D eigenvalue weighted by atomic mass is 16.3. The molecule has 20 heavy (non-hydrogen) atoms. The Labute approximate surface area is 119 Å². The Hall–Kier alpha value is -1.75. The Morgan fingerprint density at radius 1 is 1.20 bits per heavy atom. The number of benzene rings is 1. The lowest BCUT2D eigenvalue weighted by Gasteiger charge is -2.13. The molecule has 1 fully saturated rings. The maximum Gasteiger partial charge on any atom is 0.314 e. The summed E-state index contributed by atoms with van der Waals surface area (Å²) >= 11 is 0. The highest BCUT2D eigenvalue weighted by molar-refractivity contribution is 5.73. The maximum absolute atomic E-state index is 11.6.